The molecule has 1 aromatic heterocycles. The largest absolute Gasteiger partial charge is 0.353 e. The van der Waals surface area contributed by atoms with Gasteiger partial charge in [-0.2, -0.15) is 0 Å². The molecule has 0 spiro atoms. The zero-order chi connectivity index (χ0) is 21.4. The van der Waals surface area contributed by atoms with Gasteiger partial charge in [-0.1, -0.05) is 50.9 Å². The molecule has 0 aliphatic heterocycles. The molecule has 0 atom stereocenters. The highest BCUT2D eigenvalue weighted by Gasteiger charge is 2.24. The summed E-state index contributed by atoms with van der Waals surface area (Å²) in [6.07, 6.45) is 3.91. The van der Waals surface area contributed by atoms with Gasteiger partial charge < -0.3 is 14.4 Å². The quantitative estimate of drug-likeness (QED) is 0.566. The summed E-state index contributed by atoms with van der Waals surface area (Å²) in [5.41, 5.74) is 1.51. The van der Waals surface area contributed by atoms with Crippen LogP contribution < -0.4 is 0 Å². The molecule has 29 heavy (non-hydrogen) atoms. The molecule has 0 N–H and O–H groups in total. The SMILES string of the molecule is CCCCN(Cc1cccn1C)C(=O)CN(CC(C)C)C(=O)c1ccccc1Cl. The number of hydrogen-bond donors (Lipinski definition) is 0. The third-order valence-corrected chi connectivity index (χ3v) is 5.17. The Balaban J connectivity index is 2.19. The van der Waals surface area contributed by atoms with Crippen LogP contribution in [0.25, 0.3) is 0 Å². The van der Waals surface area contributed by atoms with Crippen molar-refractivity contribution in [1.82, 2.24) is 14.4 Å². The van der Waals surface area contributed by atoms with Crippen LogP contribution in [0.1, 0.15) is 49.7 Å². The Morgan fingerprint density at radius 1 is 1.10 bits per heavy atom. The van der Waals surface area contributed by atoms with E-state index < -0.39 is 0 Å². The minimum Gasteiger partial charge on any atom is -0.353 e. The van der Waals surface area contributed by atoms with Crippen molar-refractivity contribution in [2.45, 2.75) is 40.2 Å². The summed E-state index contributed by atoms with van der Waals surface area (Å²) in [6, 6.07) is 11.0. The predicted molar refractivity (Wildman–Crippen MR) is 118 cm³/mol. The van der Waals surface area contributed by atoms with Crippen molar-refractivity contribution >= 4 is 23.4 Å². The number of carbonyl (C=O) groups excluding carboxylic acids is 2. The van der Waals surface area contributed by atoms with Crippen LogP contribution in [0.2, 0.25) is 5.02 Å². The molecule has 0 unspecified atom stereocenters. The van der Waals surface area contributed by atoms with E-state index in [1.165, 1.54) is 0 Å². The van der Waals surface area contributed by atoms with Crippen molar-refractivity contribution in [3.8, 4) is 0 Å². The first kappa shape index (κ1) is 23.0. The standard InChI is InChI=1S/C23H32ClN3O2/c1-5-6-14-26(16-19-10-9-13-25(19)4)22(28)17-27(15-18(2)3)23(29)20-11-7-8-12-21(20)24/h7-13,18H,5-6,14-17H2,1-4H3. The number of aromatic nitrogens is 1. The third-order valence-electron chi connectivity index (χ3n) is 4.84. The number of unbranched alkanes of at least 4 members (excludes halogenated alkanes) is 1. The van der Waals surface area contributed by atoms with Gasteiger partial charge in [0.1, 0.15) is 6.54 Å². The lowest BCUT2D eigenvalue weighted by molar-refractivity contribution is -0.132. The highest BCUT2D eigenvalue weighted by Crippen LogP contribution is 2.18. The van der Waals surface area contributed by atoms with E-state index in [1.807, 2.05) is 48.7 Å². The highest BCUT2D eigenvalue weighted by molar-refractivity contribution is 6.33. The Hall–Kier alpha value is -2.27. The molecule has 1 heterocycles. The summed E-state index contributed by atoms with van der Waals surface area (Å²) in [7, 11) is 1.98. The first-order valence-electron chi connectivity index (χ1n) is 10.2. The van der Waals surface area contributed by atoms with Crippen LogP contribution in [0, 0.1) is 5.92 Å². The summed E-state index contributed by atoms with van der Waals surface area (Å²) in [5.74, 6) is -0.00105. The van der Waals surface area contributed by atoms with Gasteiger partial charge in [0.05, 0.1) is 17.1 Å². The summed E-state index contributed by atoms with van der Waals surface area (Å²) in [6.45, 7) is 7.95. The Kier molecular flexibility index (Phi) is 8.77. The third kappa shape index (κ3) is 6.64. The Morgan fingerprint density at radius 2 is 1.83 bits per heavy atom. The van der Waals surface area contributed by atoms with Gasteiger partial charge in [-0.15, -0.1) is 0 Å². The van der Waals surface area contributed by atoms with Gasteiger partial charge in [-0.25, -0.2) is 0 Å². The number of aryl methyl sites for hydroxylation is 1. The molecule has 0 saturated heterocycles. The molecule has 6 heteroatoms. The van der Waals surface area contributed by atoms with Crippen molar-refractivity contribution in [3.63, 3.8) is 0 Å². The molecule has 0 fully saturated rings. The van der Waals surface area contributed by atoms with Crippen LogP contribution in [0.4, 0.5) is 0 Å². The minimum absolute atomic E-state index is 0.0410. The summed E-state index contributed by atoms with van der Waals surface area (Å²) in [4.78, 5) is 29.8. The second-order valence-electron chi connectivity index (χ2n) is 7.84. The molecular weight excluding hydrogens is 386 g/mol. The smallest absolute Gasteiger partial charge is 0.255 e. The molecule has 0 radical (unpaired) electrons. The predicted octanol–water partition coefficient (Wildman–Crippen LogP) is 4.61. The molecule has 158 valence electrons. The Morgan fingerprint density at radius 3 is 2.41 bits per heavy atom. The fraction of sp³-hybridized carbons (Fsp3) is 0.478. The molecule has 2 aromatic rings. The van der Waals surface area contributed by atoms with E-state index in [2.05, 4.69) is 6.92 Å². The van der Waals surface area contributed by atoms with Crippen molar-refractivity contribution in [3.05, 3.63) is 58.9 Å². The lowest BCUT2D eigenvalue weighted by atomic mass is 10.1. The lowest BCUT2D eigenvalue weighted by Gasteiger charge is -2.29. The van der Waals surface area contributed by atoms with Crippen LogP contribution >= 0.6 is 11.6 Å². The molecule has 2 amide bonds. The maximum atomic E-state index is 13.2. The Bertz CT molecular complexity index is 816. The fourth-order valence-electron chi connectivity index (χ4n) is 3.23. The van der Waals surface area contributed by atoms with Crippen molar-refractivity contribution < 1.29 is 9.59 Å². The van der Waals surface area contributed by atoms with Gasteiger partial charge in [0.25, 0.3) is 5.91 Å². The van der Waals surface area contributed by atoms with E-state index in [4.69, 9.17) is 11.6 Å². The first-order valence-corrected chi connectivity index (χ1v) is 10.6. The Labute approximate surface area is 179 Å². The average Bonchev–Trinajstić information content (AvgIpc) is 3.08. The van der Waals surface area contributed by atoms with E-state index in [9.17, 15) is 9.59 Å². The summed E-state index contributed by atoms with van der Waals surface area (Å²) < 4.78 is 2.02. The maximum absolute atomic E-state index is 13.2. The van der Waals surface area contributed by atoms with Gasteiger partial charge >= 0.3 is 0 Å². The van der Waals surface area contributed by atoms with Gasteiger partial charge in [0.15, 0.2) is 0 Å². The number of rotatable bonds is 10. The first-order chi connectivity index (χ1) is 13.8. The number of halogens is 1. The molecule has 1 aromatic carbocycles. The number of hydrogen-bond acceptors (Lipinski definition) is 2. The number of nitrogens with zero attached hydrogens (tertiary/aromatic N) is 3. The molecule has 0 saturated carbocycles. The molecule has 5 nitrogen and oxygen atoms in total. The van der Waals surface area contributed by atoms with Crippen molar-refractivity contribution in [1.29, 1.82) is 0 Å². The monoisotopic (exact) mass is 417 g/mol. The normalized spacial score (nSPS) is 11.0. The van der Waals surface area contributed by atoms with Gasteiger partial charge in [-0.05, 0) is 36.6 Å². The van der Waals surface area contributed by atoms with Gasteiger partial charge in [0.2, 0.25) is 5.91 Å². The molecular formula is C23H32ClN3O2. The number of benzene rings is 1. The van der Waals surface area contributed by atoms with Gasteiger partial charge in [0, 0.05) is 32.0 Å². The highest BCUT2D eigenvalue weighted by atomic mass is 35.5. The molecule has 0 aliphatic carbocycles. The van der Waals surface area contributed by atoms with Crippen LogP contribution in [0.5, 0.6) is 0 Å². The number of amides is 2. The zero-order valence-corrected chi connectivity index (χ0v) is 18.7. The maximum Gasteiger partial charge on any atom is 0.255 e. The van der Waals surface area contributed by atoms with E-state index in [0.29, 0.717) is 30.2 Å². The fourth-order valence-corrected chi connectivity index (χ4v) is 3.44. The summed E-state index contributed by atoms with van der Waals surface area (Å²) >= 11 is 6.23. The van der Waals surface area contributed by atoms with Crippen LogP contribution in [-0.4, -0.2) is 45.8 Å². The molecule has 0 aliphatic rings. The van der Waals surface area contributed by atoms with Gasteiger partial charge in [-0.3, -0.25) is 9.59 Å². The van der Waals surface area contributed by atoms with E-state index in [0.717, 1.165) is 18.5 Å². The van der Waals surface area contributed by atoms with Crippen LogP contribution in [0.3, 0.4) is 0 Å². The van der Waals surface area contributed by atoms with Crippen LogP contribution in [0.15, 0.2) is 42.6 Å². The molecule has 2 rings (SSSR count). The lowest BCUT2D eigenvalue weighted by Crippen LogP contribution is -2.44. The van der Waals surface area contributed by atoms with E-state index in [1.54, 1.807) is 29.2 Å². The summed E-state index contributed by atoms with van der Waals surface area (Å²) in [5, 5.41) is 0.408. The van der Waals surface area contributed by atoms with Crippen LogP contribution in [-0.2, 0) is 18.4 Å². The van der Waals surface area contributed by atoms with Crippen molar-refractivity contribution in [2.75, 3.05) is 19.6 Å². The molecule has 0 bridgehead atoms. The second kappa shape index (κ2) is 11.1. The van der Waals surface area contributed by atoms with Crippen molar-refractivity contribution in [2.24, 2.45) is 13.0 Å². The van der Waals surface area contributed by atoms with E-state index in [-0.39, 0.29) is 24.3 Å². The van der Waals surface area contributed by atoms with E-state index >= 15 is 0 Å². The zero-order valence-electron chi connectivity index (χ0n) is 17.9. The number of carbonyl (C=O) groups is 2. The second-order valence-corrected chi connectivity index (χ2v) is 8.25. The topological polar surface area (TPSA) is 45.6 Å². The average molecular weight is 418 g/mol. The minimum atomic E-state index is -0.202.